The molecule has 1 saturated heterocycles. The molecule has 21 heavy (non-hydrogen) atoms. The molecule has 0 N–H and O–H groups in total. The second kappa shape index (κ2) is 5.98. The molecule has 2 aliphatic rings. The molecule has 2 heterocycles. The first-order valence-corrected chi connectivity index (χ1v) is 7.88. The Labute approximate surface area is 125 Å². The Hall–Kier alpha value is -1.68. The van der Waals surface area contributed by atoms with Gasteiger partial charge in [0.1, 0.15) is 0 Å². The molecule has 0 spiro atoms. The average Bonchev–Trinajstić information content (AvgIpc) is 2.74. The van der Waals surface area contributed by atoms with E-state index < -0.39 is 0 Å². The van der Waals surface area contributed by atoms with Gasteiger partial charge in [0.25, 0.3) is 11.8 Å². The van der Waals surface area contributed by atoms with Gasteiger partial charge in [0.15, 0.2) is 0 Å². The zero-order valence-electron chi connectivity index (χ0n) is 12.5. The molecule has 1 fully saturated rings. The highest BCUT2D eigenvalue weighted by molar-refractivity contribution is 6.21. The Balaban J connectivity index is 1.57. The van der Waals surface area contributed by atoms with Crippen molar-refractivity contribution in [3.05, 3.63) is 35.4 Å². The summed E-state index contributed by atoms with van der Waals surface area (Å²) in [6.45, 7) is 4.90. The fourth-order valence-electron chi connectivity index (χ4n) is 3.36. The van der Waals surface area contributed by atoms with Crippen LogP contribution in [-0.4, -0.2) is 47.3 Å². The van der Waals surface area contributed by atoms with Crippen molar-refractivity contribution in [2.24, 2.45) is 0 Å². The number of rotatable bonds is 4. The number of fused-ring (bicyclic) bond motifs is 1. The number of carbonyl (C=O) groups excluding carboxylic acids is 2. The van der Waals surface area contributed by atoms with Crippen LogP contribution in [0.4, 0.5) is 0 Å². The predicted molar refractivity (Wildman–Crippen MR) is 81.3 cm³/mol. The SMILES string of the molecule is CC1CCCCN1CCCN1C(=O)c2ccccc2C1=O. The summed E-state index contributed by atoms with van der Waals surface area (Å²) in [5.74, 6) is -0.274. The fourth-order valence-corrected chi connectivity index (χ4v) is 3.36. The van der Waals surface area contributed by atoms with Gasteiger partial charge in [0, 0.05) is 19.1 Å². The summed E-state index contributed by atoms with van der Waals surface area (Å²) in [5, 5.41) is 0. The minimum atomic E-state index is -0.137. The van der Waals surface area contributed by atoms with Gasteiger partial charge in [-0.25, -0.2) is 0 Å². The van der Waals surface area contributed by atoms with Crippen LogP contribution in [0.25, 0.3) is 0 Å². The van der Waals surface area contributed by atoms with E-state index in [0.717, 1.165) is 19.5 Å². The molecule has 2 aliphatic heterocycles. The van der Waals surface area contributed by atoms with E-state index in [-0.39, 0.29) is 11.8 Å². The standard InChI is InChI=1S/C17H22N2O2/c1-13-7-4-5-10-18(13)11-6-12-19-16(20)14-8-2-3-9-15(14)17(19)21/h2-3,8-9,13H,4-7,10-12H2,1H3. The third-order valence-electron chi connectivity index (χ3n) is 4.65. The first kappa shape index (κ1) is 14.3. The number of piperidine rings is 1. The van der Waals surface area contributed by atoms with Crippen molar-refractivity contribution in [1.29, 1.82) is 0 Å². The van der Waals surface area contributed by atoms with Crippen LogP contribution in [0.2, 0.25) is 0 Å². The highest BCUT2D eigenvalue weighted by atomic mass is 16.2. The highest BCUT2D eigenvalue weighted by Crippen LogP contribution is 2.23. The van der Waals surface area contributed by atoms with Crippen LogP contribution in [0, 0.1) is 0 Å². The van der Waals surface area contributed by atoms with Crippen LogP contribution in [0.3, 0.4) is 0 Å². The number of benzene rings is 1. The third kappa shape index (κ3) is 2.72. The number of hydrogen-bond donors (Lipinski definition) is 0. The van der Waals surface area contributed by atoms with Gasteiger partial charge in [0.2, 0.25) is 0 Å². The number of carbonyl (C=O) groups is 2. The minimum absolute atomic E-state index is 0.137. The molecular weight excluding hydrogens is 264 g/mol. The summed E-state index contributed by atoms with van der Waals surface area (Å²) in [6.07, 6.45) is 4.69. The molecule has 1 unspecified atom stereocenters. The maximum Gasteiger partial charge on any atom is 0.261 e. The molecule has 1 aromatic rings. The Bertz CT molecular complexity index is 520. The van der Waals surface area contributed by atoms with Crippen molar-refractivity contribution in [1.82, 2.24) is 9.80 Å². The van der Waals surface area contributed by atoms with Crippen LogP contribution in [-0.2, 0) is 0 Å². The molecule has 2 amide bonds. The Morgan fingerprint density at radius 1 is 1.05 bits per heavy atom. The van der Waals surface area contributed by atoms with Crippen LogP contribution in [0.15, 0.2) is 24.3 Å². The predicted octanol–water partition coefficient (Wildman–Crippen LogP) is 2.55. The van der Waals surface area contributed by atoms with Gasteiger partial charge in [-0.2, -0.15) is 0 Å². The lowest BCUT2D eigenvalue weighted by Gasteiger charge is -2.33. The lowest BCUT2D eigenvalue weighted by Crippen LogP contribution is -2.40. The van der Waals surface area contributed by atoms with E-state index in [1.54, 1.807) is 12.1 Å². The van der Waals surface area contributed by atoms with E-state index in [0.29, 0.717) is 23.7 Å². The molecule has 3 rings (SSSR count). The van der Waals surface area contributed by atoms with Gasteiger partial charge in [-0.15, -0.1) is 0 Å². The van der Waals surface area contributed by atoms with Crippen molar-refractivity contribution < 1.29 is 9.59 Å². The van der Waals surface area contributed by atoms with E-state index >= 15 is 0 Å². The number of imide groups is 1. The van der Waals surface area contributed by atoms with E-state index in [9.17, 15) is 9.59 Å². The van der Waals surface area contributed by atoms with Crippen LogP contribution in [0.1, 0.15) is 53.3 Å². The molecule has 4 nitrogen and oxygen atoms in total. The first-order chi connectivity index (χ1) is 10.2. The van der Waals surface area contributed by atoms with Crippen molar-refractivity contribution in [3.63, 3.8) is 0 Å². The molecule has 0 aromatic heterocycles. The normalized spacial score (nSPS) is 22.7. The molecule has 0 radical (unpaired) electrons. The Morgan fingerprint density at radius 2 is 1.71 bits per heavy atom. The smallest absolute Gasteiger partial charge is 0.261 e. The van der Waals surface area contributed by atoms with Crippen LogP contribution in [0.5, 0.6) is 0 Å². The summed E-state index contributed by atoms with van der Waals surface area (Å²) in [7, 11) is 0. The van der Waals surface area contributed by atoms with Gasteiger partial charge in [0.05, 0.1) is 11.1 Å². The van der Waals surface area contributed by atoms with Crippen molar-refractivity contribution in [2.45, 2.75) is 38.6 Å². The van der Waals surface area contributed by atoms with Crippen LogP contribution < -0.4 is 0 Å². The lowest BCUT2D eigenvalue weighted by atomic mass is 10.0. The second-order valence-corrected chi connectivity index (χ2v) is 6.04. The number of amides is 2. The van der Waals surface area contributed by atoms with Crippen LogP contribution >= 0.6 is 0 Å². The number of likely N-dealkylation sites (tertiary alicyclic amines) is 1. The molecule has 0 saturated carbocycles. The van der Waals surface area contributed by atoms with Crippen molar-refractivity contribution in [3.8, 4) is 0 Å². The lowest BCUT2D eigenvalue weighted by molar-refractivity contribution is 0.0641. The number of hydrogen-bond acceptors (Lipinski definition) is 3. The van der Waals surface area contributed by atoms with E-state index in [1.807, 2.05) is 12.1 Å². The topological polar surface area (TPSA) is 40.6 Å². The molecule has 0 bridgehead atoms. The monoisotopic (exact) mass is 286 g/mol. The number of nitrogens with zero attached hydrogens (tertiary/aromatic N) is 2. The fraction of sp³-hybridized carbons (Fsp3) is 0.529. The maximum atomic E-state index is 12.2. The molecular formula is C17H22N2O2. The van der Waals surface area contributed by atoms with Crippen molar-refractivity contribution in [2.75, 3.05) is 19.6 Å². The summed E-state index contributed by atoms with van der Waals surface area (Å²) < 4.78 is 0. The van der Waals surface area contributed by atoms with Gasteiger partial charge in [-0.05, 0) is 44.9 Å². The summed E-state index contributed by atoms with van der Waals surface area (Å²) in [6, 6.07) is 7.72. The summed E-state index contributed by atoms with van der Waals surface area (Å²) >= 11 is 0. The molecule has 4 heteroatoms. The molecule has 112 valence electrons. The van der Waals surface area contributed by atoms with E-state index in [4.69, 9.17) is 0 Å². The van der Waals surface area contributed by atoms with E-state index in [2.05, 4.69) is 11.8 Å². The second-order valence-electron chi connectivity index (χ2n) is 6.04. The summed E-state index contributed by atoms with van der Waals surface area (Å²) in [5.41, 5.74) is 1.10. The van der Waals surface area contributed by atoms with Gasteiger partial charge < -0.3 is 4.90 Å². The zero-order valence-corrected chi connectivity index (χ0v) is 12.5. The molecule has 1 aromatic carbocycles. The largest absolute Gasteiger partial charge is 0.301 e. The quantitative estimate of drug-likeness (QED) is 0.799. The van der Waals surface area contributed by atoms with Gasteiger partial charge in [-0.1, -0.05) is 18.6 Å². The van der Waals surface area contributed by atoms with Crippen molar-refractivity contribution >= 4 is 11.8 Å². The van der Waals surface area contributed by atoms with E-state index in [1.165, 1.54) is 24.2 Å². The first-order valence-electron chi connectivity index (χ1n) is 7.88. The van der Waals surface area contributed by atoms with Gasteiger partial charge in [-0.3, -0.25) is 14.5 Å². The minimum Gasteiger partial charge on any atom is -0.301 e. The Kier molecular flexibility index (Phi) is 4.06. The average molecular weight is 286 g/mol. The molecule has 0 aliphatic carbocycles. The molecule has 1 atom stereocenters. The van der Waals surface area contributed by atoms with Gasteiger partial charge >= 0.3 is 0 Å². The zero-order chi connectivity index (χ0) is 14.8. The summed E-state index contributed by atoms with van der Waals surface area (Å²) in [4.78, 5) is 28.4. The third-order valence-corrected chi connectivity index (χ3v) is 4.65. The highest BCUT2D eigenvalue weighted by Gasteiger charge is 2.34. The maximum absolute atomic E-state index is 12.2. The Morgan fingerprint density at radius 3 is 2.33 bits per heavy atom.